The lowest BCUT2D eigenvalue weighted by Crippen LogP contribution is -2.14. The summed E-state index contributed by atoms with van der Waals surface area (Å²) in [5, 5.41) is 7.17. The fourth-order valence-corrected chi connectivity index (χ4v) is 2.53. The maximum atomic E-state index is 12.4. The highest BCUT2D eigenvalue weighted by molar-refractivity contribution is 6.01. The Morgan fingerprint density at radius 3 is 2.30 bits per heavy atom. The van der Waals surface area contributed by atoms with Gasteiger partial charge in [-0.2, -0.15) is 0 Å². The largest absolute Gasteiger partial charge is 0.319 e. The minimum absolute atomic E-state index is 0.158. The number of amides is 1. The van der Waals surface area contributed by atoms with Gasteiger partial charge in [-0.15, -0.1) is 5.10 Å². The highest BCUT2D eigenvalue weighted by Gasteiger charge is 2.15. The zero-order valence-corrected chi connectivity index (χ0v) is 13.4. The summed E-state index contributed by atoms with van der Waals surface area (Å²) in [5.74, 6) is 0.514. The van der Waals surface area contributed by atoms with Crippen molar-refractivity contribution in [2.75, 3.05) is 5.32 Å². The predicted molar refractivity (Wildman–Crippen MR) is 90.0 cm³/mol. The number of hydrogen-bond donors (Lipinski definition) is 1. The van der Waals surface area contributed by atoms with E-state index in [1.807, 2.05) is 63.2 Å². The number of rotatable bonds is 3. The third-order valence-corrected chi connectivity index (χ3v) is 3.45. The van der Waals surface area contributed by atoms with E-state index in [1.165, 1.54) is 0 Å². The first kappa shape index (κ1) is 15.0. The van der Waals surface area contributed by atoms with Crippen molar-refractivity contribution in [1.29, 1.82) is 0 Å². The Kier molecular flexibility index (Phi) is 3.93. The second-order valence-electron chi connectivity index (χ2n) is 5.56. The molecule has 23 heavy (non-hydrogen) atoms. The van der Waals surface area contributed by atoms with E-state index in [0.717, 1.165) is 22.5 Å². The summed E-state index contributed by atoms with van der Waals surface area (Å²) in [6.07, 6.45) is 0. The monoisotopic (exact) mass is 306 g/mol. The van der Waals surface area contributed by atoms with E-state index in [-0.39, 0.29) is 11.7 Å². The topological polar surface area (TPSA) is 59.8 Å². The molecule has 0 aliphatic carbocycles. The number of carbonyl (C=O) groups excluding carboxylic acids is 1. The summed E-state index contributed by atoms with van der Waals surface area (Å²) in [7, 11) is 0. The first-order valence-corrected chi connectivity index (χ1v) is 7.41. The Hall–Kier alpha value is -2.95. The van der Waals surface area contributed by atoms with Crippen LogP contribution in [0.1, 0.15) is 27.6 Å². The van der Waals surface area contributed by atoms with Gasteiger partial charge in [-0.25, -0.2) is 9.67 Å². The second kappa shape index (κ2) is 6.04. The van der Waals surface area contributed by atoms with Gasteiger partial charge in [0.05, 0.1) is 5.69 Å². The lowest BCUT2D eigenvalue weighted by Gasteiger charge is -2.05. The van der Waals surface area contributed by atoms with Gasteiger partial charge in [0.25, 0.3) is 5.91 Å². The summed E-state index contributed by atoms with van der Waals surface area (Å²) in [6.45, 7) is 5.82. The van der Waals surface area contributed by atoms with E-state index in [0.29, 0.717) is 5.82 Å². The summed E-state index contributed by atoms with van der Waals surface area (Å²) in [5.41, 5.74) is 3.82. The first-order chi connectivity index (χ1) is 11.0. The number of aromatic nitrogens is 3. The molecule has 0 fully saturated rings. The van der Waals surface area contributed by atoms with Crippen LogP contribution in [0.15, 0.2) is 48.5 Å². The Balaban J connectivity index is 1.86. The average Bonchev–Trinajstić information content (AvgIpc) is 2.89. The van der Waals surface area contributed by atoms with Crippen LogP contribution in [-0.2, 0) is 0 Å². The van der Waals surface area contributed by atoms with E-state index in [4.69, 9.17) is 0 Å². The number of para-hydroxylation sites is 1. The van der Waals surface area contributed by atoms with Gasteiger partial charge < -0.3 is 5.32 Å². The molecule has 0 unspecified atom stereocenters. The molecule has 0 atom stereocenters. The molecule has 0 radical (unpaired) electrons. The van der Waals surface area contributed by atoms with Gasteiger partial charge in [0.15, 0.2) is 0 Å². The highest BCUT2D eigenvalue weighted by Crippen LogP contribution is 2.15. The molecular formula is C18H18N4O. The van der Waals surface area contributed by atoms with Crippen LogP contribution in [0.3, 0.4) is 0 Å². The van der Waals surface area contributed by atoms with Gasteiger partial charge in [-0.3, -0.25) is 4.79 Å². The molecule has 3 rings (SSSR count). The molecule has 116 valence electrons. The Bertz CT molecular complexity index is 832. The Labute approximate surface area is 135 Å². The molecule has 3 aromatic rings. The molecule has 0 spiro atoms. The summed E-state index contributed by atoms with van der Waals surface area (Å²) in [4.78, 5) is 16.7. The zero-order valence-electron chi connectivity index (χ0n) is 13.4. The van der Waals surface area contributed by atoms with Crippen LogP contribution in [0.2, 0.25) is 0 Å². The van der Waals surface area contributed by atoms with E-state index in [1.54, 1.807) is 4.68 Å². The van der Waals surface area contributed by atoms with Crippen LogP contribution < -0.4 is 5.32 Å². The van der Waals surface area contributed by atoms with Crippen molar-refractivity contribution in [1.82, 2.24) is 14.8 Å². The number of benzene rings is 2. The summed E-state index contributed by atoms with van der Waals surface area (Å²) < 4.78 is 1.66. The number of anilines is 1. The van der Waals surface area contributed by atoms with E-state index in [2.05, 4.69) is 21.5 Å². The molecule has 0 saturated carbocycles. The van der Waals surface area contributed by atoms with Crippen LogP contribution >= 0.6 is 0 Å². The molecular weight excluding hydrogens is 288 g/mol. The van der Waals surface area contributed by atoms with Gasteiger partial charge in [-0.05, 0) is 56.2 Å². The van der Waals surface area contributed by atoms with Gasteiger partial charge in [0.1, 0.15) is 5.82 Å². The van der Waals surface area contributed by atoms with Crippen LogP contribution in [0, 0.1) is 20.8 Å². The minimum Gasteiger partial charge on any atom is -0.319 e. The summed E-state index contributed by atoms with van der Waals surface area (Å²) in [6, 6.07) is 15.5. The van der Waals surface area contributed by atoms with Crippen molar-refractivity contribution in [3.63, 3.8) is 0 Å². The van der Waals surface area contributed by atoms with Crippen molar-refractivity contribution in [3.05, 3.63) is 71.3 Å². The first-order valence-electron chi connectivity index (χ1n) is 7.41. The summed E-state index contributed by atoms with van der Waals surface area (Å²) >= 11 is 0. The van der Waals surface area contributed by atoms with Crippen molar-refractivity contribution in [2.45, 2.75) is 20.8 Å². The number of carbonyl (C=O) groups is 1. The molecule has 2 aromatic carbocycles. The Morgan fingerprint density at radius 1 is 1.00 bits per heavy atom. The molecule has 1 N–H and O–H groups in total. The predicted octanol–water partition coefficient (Wildman–Crippen LogP) is 3.44. The number of aryl methyl sites for hydroxylation is 3. The zero-order chi connectivity index (χ0) is 16.4. The Morgan fingerprint density at radius 2 is 1.65 bits per heavy atom. The minimum atomic E-state index is -0.312. The molecule has 1 aromatic heterocycles. The van der Waals surface area contributed by atoms with Crippen molar-refractivity contribution >= 4 is 11.6 Å². The van der Waals surface area contributed by atoms with Crippen LogP contribution in [0.25, 0.3) is 5.69 Å². The number of nitrogens with one attached hydrogen (secondary N) is 1. The van der Waals surface area contributed by atoms with Gasteiger partial charge >= 0.3 is 0 Å². The standard InChI is InChI=1S/C18H18N4O/c1-12-9-13(2)11-15(10-12)20-18(23)17-19-14(3)22(21-17)16-7-5-4-6-8-16/h4-11H,1-3H3,(H,20,23). The maximum Gasteiger partial charge on any atom is 0.295 e. The van der Waals surface area contributed by atoms with Crippen LogP contribution in [0.4, 0.5) is 5.69 Å². The van der Waals surface area contributed by atoms with E-state index in [9.17, 15) is 4.79 Å². The number of hydrogen-bond acceptors (Lipinski definition) is 3. The molecule has 0 saturated heterocycles. The lowest BCUT2D eigenvalue weighted by molar-refractivity contribution is 0.101. The van der Waals surface area contributed by atoms with E-state index >= 15 is 0 Å². The van der Waals surface area contributed by atoms with Gasteiger partial charge in [-0.1, -0.05) is 24.3 Å². The van der Waals surface area contributed by atoms with E-state index < -0.39 is 0 Å². The molecule has 5 nitrogen and oxygen atoms in total. The molecule has 5 heteroatoms. The lowest BCUT2D eigenvalue weighted by atomic mass is 10.1. The van der Waals surface area contributed by atoms with Crippen LogP contribution in [0.5, 0.6) is 0 Å². The smallest absolute Gasteiger partial charge is 0.295 e. The molecule has 0 aliphatic heterocycles. The molecule has 0 aliphatic rings. The van der Waals surface area contributed by atoms with Crippen molar-refractivity contribution in [3.8, 4) is 5.69 Å². The SMILES string of the molecule is Cc1cc(C)cc(NC(=O)c2nc(C)n(-c3ccccc3)n2)c1. The van der Waals surface area contributed by atoms with Crippen LogP contribution in [-0.4, -0.2) is 20.7 Å². The fourth-order valence-electron chi connectivity index (χ4n) is 2.53. The molecule has 0 bridgehead atoms. The van der Waals surface area contributed by atoms with Gasteiger partial charge in [0, 0.05) is 5.69 Å². The van der Waals surface area contributed by atoms with Gasteiger partial charge in [0.2, 0.25) is 5.82 Å². The third kappa shape index (κ3) is 3.29. The maximum absolute atomic E-state index is 12.4. The second-order valence-corrected chi connectivity index (χ2v) is 5.56. The molecule has 1 amide bonds. The number of nitrogens with zero attached hydrogens (tertiary/aromatic N) is 3. The normalized spacial score (nSPS) is 10.6. The molecule has 1 heterocycles. The highest BCUT2D eigenvalue weighted by atomic mass is 16.2. The van der Waals surface area contributed by atoms with Crippen molar-refractivity contribution in [2.24, 2.45) is 0 Å². The fraction of sp³-hybridized carbons (Fsp3) is 0.167. The average molecular weight is 306 g/mol. The third-order valence-electron chi connectivity index (χ3n) is 3.45. The van der Waals surface area contributed by atoms with Crippen molar-refractivity contribution < 1.29 is 4.79 Å². The quantitative estimate of drug-likeness (QED) is 0.806.